The Kier molecular flexibility index (Phi) is 6.46. The van der Waals surface area contributed by atoms with Crippen molar-refractivity contribution in [2.24, 2.45) is 5.92 Å². The number of aromatic nitrogens is 2. The predicted octanol–water partition coefficient (Wildman–Crippen LogP) is 5.87. The van der Waals surface area contributed by atoms with Crippen LogP contribution >= 0.6 is 23.1 Å². The highest BCUT2D eigenvalue weighted by molar-refractivity contribution is 8.00. The van der Waals surface area contributed by atoms with E-state index in [9.17, 15) is 9.59 Å². The largest absolute Gasteiger partial charge is 0.439 e. The fourth-order valence-corrected chi connectivity index (χ4v) is 4.78. The molecule has 1 fully saturated rings. The van der Waals surface area contributed by atoms with Crippen molar-refractivity contribution >= 4 is 56.1 Å². The molecule has 2 aromatic heterocycles. The molecule has 0 bridgehead atoms. The Morgan fingerprint density at radius 3 is 2.68 bits per heavy atom. The van der Waals surface area contributed by atoms with Crippen LogP contribution in [0.15, 0.2) is 65.6 Å². The molecule has 9 heteroatoms. The molecular weight excluding hydrogens is 468 g/mol. The smallest absolute Gasteiger partial charge is 0.234 e. The van der Waals surface area contributed by atoms with E-state index in [1.54, 1.807) is 12.1 Å². The number of amides is 2. The number of fused-ring (bicyclic) bond motifs is 1. The number of aryl methyl sites for hydroxylation is 1. The zero-order chi connectivity index (χ0) is 23.5. The zero-order valence-corrected chi connectivity index (χ0v) is 20.0. The number of benzene rings is 2. The molecule has 0 aliphatic heterocycles. The molecule has 2 heterocycles. The Hall–Kier alpha value is -3.43. The predicted molar refractivity (Wildman–Crippen MR) is 136 cm³/mol. The van der Waals surface area contributed by atoms with Crippen molar-refractivity contribution in [1.29, 1.82) is 0 Å². The van der Waals surface area contributed by atoms with Crippen LogP contribution < -0.4 is 15.4 Å². The van der Waals surface area contributed by atoms with Crippen LogP contribution in [0.1, 0.15) is 18.4 Å². The number of anilines is 2. The van der Waals surface area contributed by atoms with Crippen molar-refractivity contribution in [1.82, 2.24) is 9.97 Å². The molecule has 2 aromatic carbocycles. The molecule has 0 unspecified atom stereocenters. The summed E-state index contributed by atoms with van der Waals surface area (Å²) in [6.45, 7) is 1.93. The minimum atomic E-state index is -0.0892. The molecule has 5 rings (SSSR count). The molecular formula is C25H22N4O3S2. The van der Waals surface area contributed by atoms with Crippen LogP contribution in [-0.2, 0) is 9.59 Å². The summed E-state index contributed by atoms with van der Waals surface area (Å²) in [5.41, 5.74) is 2.28. The van der Waals surface area contributed by atoms with E-state index in [0.29, 0.717) is 38.5 Å². The molecule has 172 valence electrons. The number of thioether (sulfide) groups is 1. The molecule has 1 aliphatic rings. The molecule has 0 spiro atoms. The highest BCUT2D eigenvalue weighted by Gasteiger charge is 2.30. The number of nitrogens with zero attached hydrogens (tertiary/aromatic N) is 2. The number of carbonyl (C=O) groups excluding carboxylic acids is 2. The first-order valence-electron chi connectivity index (χ1n) is 10.9. The summed E-state index contributed by atoms with van der Waals surface area (Å²) in [5, 5.41) is 6.33. The summed E-state index contributed by atoms with van der Waals surface area (Å²) in [5.74, 6) is 1.39. The van der Waals surface area contributed by atoms with Crippen LogP contribution in [0.2, 0.25) is 0 Å². The summed E-state index contributed by atoms with van der Waals surface area (Å²) in [4.78, 5) is 35.1. The third-order valence-corrected chi connectivity index (χ3v) is 7.10. The van der Waals surface area contributed by atoms with Crippen molar-refractivity contribution in [3.63, 3.8) is 0 Å². The first-order valence-corrected chi connectivity index (χ1v) is 12.7. The first kappa shape index (κ1) is 22.4. The summed E-state index contributed by atoms with van der Waals surface area (Å²) < 4.78 is 6.03. The van der Waals surface area contributed by atoms with Gasteiger partial charge in [-0.05, 0) is 49.6 Å². The van der Waals surface area contributed by atoms with E-state index in [-0.39, 0.29) is 17.7 Å². The van der Waals surface area contributed by atoms with E-state index in [1.165, 1.54) is 23.1 Å². The van der Waals surface area contributed by atoms with Gasteiger partial charge in [0.1, 0.15) is 16.1 Å². The summed E-state index contributed by atoms with van der Waals surface area (Å²) >= 11 is 2.81. The highest BCUT2D eigenvalue weighted by atomic mass is 32.2. The Balaban J connectivity index is 1.25. The number of nitrogens with one attached hydrogen (secondary N) is 2. The Morgan fingerprint density at radius 1 is 1.06 bits per heavy atom. The molecule has 4 aromatic rings. The van der Waals surface area contributed by atoms with Gasteiger partial charge in [-0.3, -0.25) is 9.59 Å². The Labute approximate surface area is 205 Å². The molecule has 2 amide bonds. The van der Waals surface area contributed by atoms with Gasteiger partial charge in [0.25, 0.3) is 0 Å². The minimum Gasteiger partial charge on any atom is -0.439 e. The van der Waals surface area contributed by atoms with Gasteiger partial charge in [0.2, 0.25) is 17.7 Å². The quantitative estimate of drug-likeness (QED) is 0.300. The van der Waals surface area contributed by atoms with E-state index >= 15 is 0 Å². The number of hydrogen-bond acceptors (Lipinski definition) is 7. The summed E-state index contributed by atoms with van der Waals surface area (Å²) in [6.07, 6.45) is 1.88. The number of rotatable bonds is 8. The average molecular weight is 491 g/mol. The van der Waals surface area contributed by atoms with Crippen LogP contribution in [0.25, 0.3) is 10.3 Å². The lowest BCUT2D eigenvalue weighted by Gasteiger charge is -2.11. The van der Waals surface area contributed by atoms with Gasteiger partial charge in [-0.1, -0.05) is 35.6 Å². The van der Waals surface area contributed by atoms with Crippen molar-refractivity contribution in [2.45, 2.75) is 24.7 Å². The van der Waals surface area contributed by atoms with E-state index < -0.39 is 0 Å². The van der Waals surface area contributed by atoms with Gasteiger partial charge >= 0.3 is 0 Å². The maximum Gasteiger partial charge on any atom is 0.234 e. The first-order chi connectivity index (χ1) is 16.5. The van der Waals surface area contributed by atoms with E-state index in [4.69, 9.17) is 4.74 Å². The standard InChI is InChI=1S/C25H22N4O3S2/c1-15-7-10-17(26-21(30)14-33-18-5-3-2-4-6-18)13-20(15)32-22-12-11-19-24(28-22)34-25(27-19)29-23(31)16-8-9-16/h2-7,10-13,16H,8-9,14H2,1H3,(H,26,30)(H,27,29,31). The third-order valence-electron chi connectivity index (χ3n) is 5.21. The van der Waals surface area contributed by atoms with Crippen LogP contribution in [0.4, 0.5) is 10.8 Å². The number of thiazole rings is 1. The van der Waals surface area contributed by atoms with Crippen molar-refractivity contribution in [3.05, 3.63) is 66.2 Å². The highest BCUT2D eigenvalue weighted by Crippen LogP contribution is 2.33. The number of ether oxygens (including phenoxy) is 1. The van der Waals surface area contributed by atoms with Crippen LogP contribution in [0.3, 0.4) is 0 Å². The van der Waals surface area contributed by atoms with Gasteiger partial charge in [0, 0.05) is 28.6 Å². The fraction of sp³-hybridized carbons (Fsp3) is 0.200. The number of pyridine rings is 1. The second-order valence-corrected chi connectivity index (χ2v) is 10.0. The van der Waals surface area contributed by atoms with Crippen LogP contribution in [-0.4, -0.2) is 27.5 Å². The van der Waals surface area contributed by atoms with Gasteiger partial charge < -0.3 is 15.4 Å². The van der Waals surface area contributed by atoms with Crippen LogP contribution in [0.5, 0.6) is 11.6 Å². The molecule has 0 saturated heterocycles. The maximum atomic E-state index is 12.4. The molecule has 1 aliphatic carbocycles. The molecule has 2 N–H and O–H groups in total. The van der Waals surface area contributed by atoms with Crippen molar-refractivity contribution in [3.8, 4) is 11.6 Å². The van der Waals surface area contributed by atoms with E-state index in [2.05, 4.69) is 20.6 Å². The second-order valence-electron chi connectivity index (χ2n) is 7.99. The third kappa shape index (κ3) is 5.55. The SMILES string of the molecule is Cc1ccc(NC(=O)CSc2ccccc2)cc1Oc1ccc2nc(NC(=O)C3CC3)sc2n1. The lowest BCUT2D eigenvalue weighted by atomic mass is 10.2. The molecule has 7 nitrogen and oxygen atoms in total. The fourth-order valence-electron chi connectivity index (χ4n) is 3.23. The van der Waals surface area contributed by atoms with Crippen molar-refractivity contribution < 1.29 is 14.3 Å². The molecule has 34 heavy (non-hydrogen) atoms. The zero-order valence-electron chi connectivity index (χ0n) is 18.4. The van der Waals surface area contributed by atoms with E-state index in [1.807, 2.05) is 55.5 Å². The van der Waals surface area contributed by atoms with Crippen molar-refractivity contribution in [2.75, 3.05) is 16.4 Å². The lowest BCUT2D eigenvalue weighted by Crippen LogP contribution is -2.14. The molecule has 0 atom stereocenters. The monoisotopic (exact) mass is 490 g/mol. The molecule has 0 radical (unpaired) electrons. The van der Waals surface area contributed by atoms with Gasteiger partial charge in [-0.25, -0.2) is 9.97 Å². The Bertz CT molecular complexity index is 1350. The summed E-state index contributed by atoms with van der Waals surface area (Å²) in [6, 6.07) is 18.9. The molecule has 1 saturated carbocycles. The number of hydrogen-bond donors (Lipinski definition) is 2. The normalized spacial score (nSPS) is 13.0. The number of carbonyl (C=O) groups is 2. The van der Waals surface area contributed by atoms with Gasteiger partial charge in [-0.15, -0.1) is 11.8 Å². The summed E-state index contributed by atoms with van der Waals surface area (Å²) in [7, 11) is 0. The topological polar surface area (TPSA) is 93.2 Å². The van der Waals surface area contributed by atoms with Crippen LogP contribution in [0, 0.1) is 12.8 Å². The van der Waals surface area contributed by atoms with Gasteiger partial charge in [0.05, 0.1) is 5.75 Å². The minimum absolute atomic E-state index is 0.0205. The van der Waals surface area contributed by atoms with Gasteiger partial charge in [-0.2, -0.15) is 0 Å². The van der Waals surface area contributed by atoms with Gasteiger partial charge in [0.15, 0.2) is 5.13 Å². The second kappa shape index (κ2) is 9.82. The maximum absolute atomic E-state index is 12.4. The van der Waals surface area contributed by atoms with E-state index in [0.717, 1.165) is 23.3 Å². The Morgan fingerprint density at radius 2 is 1.88 bits per heavy atom. The average Bonchev–Trinajstić information content (AvgIpc) is 3.61. The lowest BCUT2D eigenvalue weighted by molar-refractivity contribution is -0.117.